The number of benzene rings is 1. The third-order valence-electron chi connectivity index (χ3n) is 5.26. The lowest BCUT2D eigenvalue weighted by Gasteiger charge is -2.38. The molecule has 2 heterocycles. The monoisotopic (exact) mass is 405 g/mol. The van der Waals surface area contributed by atoms with Gasteiger partial charge in [-0.15, -0.1) is 0 Å². The molecule has 1 aromatic heterocycles. The van der Waals surface area contributed by atoms with E-state index >= 15 is 0 Å². The molecule has 1 aliphatic heterocycles. The fourth-order valence-corrected chi connectivity index (χ4v) is 4.01. The van der Waals surface area contributed by atoms with Crippen molar-refractivity contribution >= 4 is 21.8 Å². The van der Waals surface area contributed by atoms with Gasteiger partial charge >= 0.3 is 0 Å². The normalized spacial score (nSPS) is 16.6. The number of carbonyl (C=O) groups excluding carboxylic acids is 1. The number of ether oxygens (including phenoxy) is 1. The fourth-order valence-electron chi connectivity index (χ4n) is 3.61. The summed E-state index contributed by atoms with van der Waals surface area (Å²) in [6.45, 7) is 7.68. The van der Waals surface area contributed by atoms with Gasteiger partial charge in [0.05, 0.1) is 5.56 Å². The van der Waals surface area contributed by atoms with E-state index in [9.17, 15) is 4.79 Å². The molecule has 5 heteroatoms. The standard InChI is InChI=1S/C20H24BrNO3/c1-13-14(2)25-15(3)18(13)19(23)22-12-20(7-9-24-10-8-20)16-5-4-6-17(21)11-16/h4-6,11H,7-10,12H2,1-3H3,(H,22,23). The van der Waals surface area contributed by atoms with Crippen LogP contribution in [0, 0.1) is 20.8 Å². The molecular weight excluding hydrogens is 382 g/mol. The fraction of sp³-hybridized carbons (Fsp3) is 0.450. The van der Waals surface area contributed by atoms with E-state index in [-0.39, 0.29) is 11.3 Å². The van der Waals surface area contributed by atoms with Crippen LogP contribution in [0.2, 0.25) is 0 Å². The van der Waals surface area contributed by atoms with Crippen molar-refractivity contribution in [1.29, 1.82) is 0 Å². The second kappa shape index (κ2) is 7.34. The van der Waals surface area contributed by atoms with E-state index in [1.165, 1.54) is 5.56 Å². The Morgan fingerprint density at radius 2 is 1.92 bits per heavy atom. The van der Waals surface area contributed by atoms with E-state index in [0.717, 1.165) is 28.6 Å². The van der Waals surface area contributed by atoms with E-state index in [2.05, 4.69) is 33.4 Å². The minimum Gasteiger partial charge on any atom is -0.466 e. The molecule has 1 aromatic carbocycles. The van der Waals surface area contributed by atoms with E-state index < -0.39 is 0 Å². The summed E-state index contributed by atoms with van der Waals surface area (Å²) in [6.07, 6.45) is 1.79. The first-order valence-corrected chi connectivity index (χ1v) is 9.41. The average molecular weight is 406 g/mol. The van der Waals surface area contributed by atoms with Crippen LogP contribution in [0.25, 0.3) is 0 Å². The van der Waals surface area contributed by atoms with Crippen molar-refractivity contribution in [3.63, 3.8) is 0 Å². The number of hydrogen-bond acceptors (Lipinski definition) is 3. The van der Waals surface area contributed by atoms with Crippen LogP contribution in [0.15, 0.2) is 33.2 Å². The molecule has 0 bridgehead atoms. The third kappa shape index (κ3) is 3.67. The Hall–Kier alpha value is -1.59. The van der Waals surface area contributed by atoms with E-state index in [0.29, 0.717) is 31.1 Å². The smallest absolute Gasteiger partial charge is 0.255 e. The lowest BCUT2D eigenvalue weighted by Crippen LogP contribution is -2.44. The number of furan rings is 1. The van der Waals surface area contributed by atoms with Crippen molar-refractivity contribution in [2.75, 3.05) is 19.8 Å². The largest absolute Gasteiger partial charge is 0.466 e. The Labute approximate surface area is 157 Å². The molecule has 1 amide bonds. The highest BCUT2D eigenvalue weighted by Gasteiger charge is 2.35. The first-order valence-electron chi connectivity index (χ1n) is 8.61. The lowest BCUT2D eigenvalue weighted by molar-refractivity contribution is 0.0487. The maximum Gasteiger partial charge on any atom is 0.255 e. The molecule has 0 saturated carbocycles. The second-order valence-electron chi connectivity index (χ2n) is 6.80. The van der Waals surface area contributed by atoms with Gasteiger partial charge < -0.3 is 14.5 Å². The Balaban J connectivity index is 1.83. The third-order valence-corrected chi connectivity index (χ3v) is 5.76. The molecule has 0 unspecified atom stereocenters. The zero-order valence-electron chi connectivity index (χ0n) is 14.9. The predicted octanol–water partition coefficient (Wildman–Crippen LogP) is 4.45. The summed E-state index contributed by atoms with van der Waals surface area (Å²) >= 11 is 3.56. The molecule has 0 aliphatic carbocycles. The van der Waals surface area contributed by atoms with Gasteiger partial charge in [0.15, 0.2) is 0 Å². The number of aryl methyl sites for hydroxylation is 2. The zero-order valence-corrected chi connectivity index (χ0v) is 16.5. The van der Waals surface area contributed by atoms with Gasteiger partial charge in [-0.3, -0.25) is 4.79 Å². The maximum atomic E-state index is 12.8. The highest BCUT2D eigenvalue weighted by molar-refractivity contribution is 9.10. The van der Waals surface area contributed by atoms with E-state index in [1.54, 1.807) is 0 Å². The molecule has 0 radical (unpaired) electrons. The van der Waals surface area contributed by atoms with Gasteiger partial charge in [0.1, 0.15) is 11.5 Å². The summed E-state index contributed by atoms with van der Waals surface area (Å²) in [5.74, 6) is 1.42. The van der Waals surface area contributed by atoms with Gasteiger partial charge in [0.2, 0.25) is 0 Å². The maximum absolute atomic E-state index is 12.8. The number of carbonyl (C=O) groups is 1. The lowest BCUT2D eigenvalue weighted by atomic mass is 9.74. The molecular formula is C20H24BrNO3. The van der Waals surface area contributed by atoms with Crippen LogP contribution >= 0.6 is 15.9 Å². The Bertz CT molecular complexity index is 775. The SMILES string of the molecule is Cc1oc(C)c(C(=O)NCC2(c3cccc(Br)c3)CCOCC2)c1C. The molecule has 0 spiro atoms. The van der Waals surface area contributed by atoms with E-state index in [4.69, 9.17) is 9.15 Å². The Morgan fingerprint density at radius 3 is 2.52 bits per heavy atom. The quantitative estimate of drug-likeness (QED) is 0.817. The molecule has 2 aromatic rings. The number of hydrogen-bond donors (Lipinski definition) is 1. The predicted molar refractivity (Wildman–Crippen MR) is 101 cm³/mol. The molecule has 25 heavy (non-hydrogen) atoms. The molecule has 1 saturated heterocycles. The number of halogens is 1. The molecule has 0 atom stereocenters. The van der Waals surface area contributed by atoms with Crippen molar-refractivity contribution in [3.8, 4) is 0 Å². The number of rotatable bonds is 4. The average Bonchev–Trinajstić information content (AvgIpc) is 2.86. The van der Waals surface area contributed by atoms with Gasteiger partial charge in [-0.25, -0.2) is 0 Å². The van der Waals surface area contributed by atoms with Crippen LogP contribution in [0.4, 0.5) is 0 Å². The molecule has 1 N–H and O–H groups in total. The van der Waals surface area contributed by atoms with Crippen LogP contribution in [0.3, 0.4) is 0 Å². The van der Waals surface area contributed by atoms with Crippen LogP contribution in [-0.2, 0) is 10.2 Å². The van der Waals surface area contributed by atoms with Crippen molar-refractivity contribution < 1.29 is 13.9 Å². The highest BCUT2D eigenvalue weighted by atomic mass is 79.9. The molecule has 134 valence electrons. The zero-order chi connectivity index (χ0) is 18.0. The number of nitrogens with one attached hydrogen (secondary N) is 1. The number of amides is 1. The minimum absolute atomic E-state index is 0.0623. The van der Waals surface area contributed by atoms with E-state index in [1.807, 2.05) is 32.9 Å². The highest BCUT2D eigenvalue weighted by Crippen LogP contribution is 2.35. The van der Waals surface area contributed by atoms with Crippen molar-refractivity contribution in [1.82, 2.24) is 5.32 Å². The van der Waals surface area contributed by atoms with Crippen LogP contribution in [-0.4, -0.2) is 25.7 Å². The molecule has 1 fully saturated rings. The summed E-state index contributed by atoms with van der Waals surface area (Å²) < 4.78 is 12.2. The molecule has 4 nitrogen and oxygen atoms in total. The van der Waals surface area contributed by atoms with Gasteiger partial charge in [-0.05, 0) is 51.3 Å². The first-order chi connectivity index (χ1) is 11.9. The van der Waals surface area contributed by atoms with Crippen LogP contribution in [0.1, 0.15) is 45.8 Å². The van der Waals surface area contributed by atoms with Crippen molar-refractivity contribution in [2.45, 2.75) is 39.0 Å². The topological polar surface area (TPSA) is 51.5 Å². The summed E-state index contributed by atoms with van der Waals surface area (Å²) in [4.78, 5) is 12.8. The Kier molecular flexibility index (Phi) is 5.35. The summed E-state index contributed by atoms with van der Waals surface area (Å²) in [7, 11) is 0. The van der Waals surface area contributed by atoms with Crippen molar-refractivity contribution in [3.05, 3.63) is 56.9 Å². The van der Waals surface area contributed by atoms with Crippen molar-refractivity contribution in [2.24, 2.45) is 0 Å². The van der Waals surface area contributed by atoms with Gasteiger partial charge in [0.25, 0.3) is 5.91 Å². The molecule has 1 aliphatic rings. The second-order valence-corrected chi connectivity index (χ2v) is 7.72. The van der Waals surface area contributed by atoms with Gasteiger partial charge in [-0.1, -0.05) is 28.1 Å². The van der Waals surface area contributed by atoms with Gasteiger partial charge in [-0.2, -0.15) is 0 Å². The first kappa shape index (κ1) is 18.2. The van der Waals surface area contributed by atoms with Crippen LogP contribution in [0.5, 0.6) is 0 Å². The Morgan fingerprint density at radius 1 is 1.20 bits per heavy atom. The molecule has 3 rings (SSSR count). The minimum atomic E-state index is -0.0989. The van der Waals surface area contributed by atoms with Gasteiger partial charge in [0, 0.05) is 35.2 Å². The van der Waals surface area contributed by atoms with Crippen LogP contribution < -0.4 is 5.32 Å². The summed E-state index contributed by atoms with van der Waals surface area (Å²) in [5, 5.41) is 3.15. The summed E-state index contributed by atoms with van der Waals surface area (Å²) in [5.41, 5.74) is 2.72. The summed E-state index contributed by atoms with van der Waals surface area (Å²) in [6, 6.07) is 8.36.